The largest absolute Gasteiger partial charge is 0.391 e. The summed E-state index contributed by atoms with van der Waals surface area (Å²) in [6.07, 6.45) is 0. The SMILES string of the molecule is Cc1c(N)sc2cc(N)sc12. The van der Waals surface area contributed by atoms with Crippen molar-refractivity contribution in [2.45, 2.75) is 6.92 Å². The van der Waals surface area contributed by atoms with Crippen LogP contribution in [0.25, 0.3) is 9.40 Å². The van der Waals surface area contributed by atoms with Gasteiger partial charge in [0.05, 0.1) is 14.7 Å². The Kier molecular flexibility index (Phi) is 1.34. The molecule has 2 rings (SSSR count). The van der Waals surface area contributed by atoms with Gasteiger partial charge in [0.1, 0.15) is 0 Å². The van der Waals surface area contributed by atoms with Gasteiger partial charge in [0.2, 0.25) is 0 Å². The molecule has 0 saturated carbocycles. The van der Waals surface area contributed by atoms with Gasteiger partial charge in [0.25, 0.3) is 0 Å². The molecule has 0 fully saturated rings. The molecule has 2 heterocycles. The van der Waals surface area contributed by atoms with Gasteiger partial charge in [0.15, 0.2) is 0 Å². The molecule has 0 atom stereocenters. The first-order chi connectivity index (χ1) is 5.18. The molecule has 0 saturated heterocycles. The Hall–Kier alpha value is -0.740. The first-order valence-corrected chi connectivity index (χ1v) is 4.85. The van der Waals surface area contributed by atoms with Crippen molar-refractivity contribution < 1.29 is 0 Å². The second-order valence-electron chi connectivity index (χ2n) is 2.43. The number of hydrogen-bond donors (Lipinski definition) is 2. The minimum absolute atomic E-state index is 0.870. The summed E-state index contributed by atoms with van der Waals surface area (Å²) in [5, 5.41) is 1.78. The Morgan fingerprint density at radius 2 is 2.00 bits per heavy atom. The molecule has 4 heteroatoms. The Balaban J connectivity index is 2.88. The number of hydrogen-bond acceptors (Lipinski definition) is 4. The van der Waals surface area contributed by atoms with Gasteiger partial charge in [-0.1, -0.05) is 0 Å². The molecule has 0 bridgehead atoms. The van der Waals surface area contributed by atoms with Crippen molar-refractivity contribution >= 4 is 42.1 Å². The third-order valence-corrected chi connectivity index (χ3v) is 3.93. The van der Waals surface area contributed by atoms with E-state index < -0.39 is 0 Å². The first-order valence-electron chi connectivity index (χ1n) is 3.22. The normalized spacial score (nSPS) is 11.0. The van der Waals surface area contributed by atoms with Crippen molar-refractivity contribution in [2.75, 3.05) is 11.5 Å². The average molecular weight is 184 g/mol. The van der Waals surface area contributed by atoms with Crippen LogP contribution in [0.15, 0.2) is 6.07 Å². The zero-order valence-electron chi connectivity index (χ0n) is 6.05. The number of nitrogens with two attached hydrogens (primary N) is 2. The molecule has 58 valence electrons. The number of rotatable bonds is 0. The summed E-state index contributed by atoms with van der Waals surface area (Å²) in [7, 11) is 0. The van der Waals surface area contributed by atoms with Crippen LogP contribution in [0.1, 0.15) is 5.56 Å². The maximum absolute atomic E-state index is 5.73. The highest BCUT2D eigenvalue weighted by Gasteiger charge is 2.07. The molecule has 4 N–H and O–H groups in total. The minimum atomic E-state index is 0.870. The van der Waals surface area contributed by atoms with Crippen molar-refractivity contribution in [1.29, 1.82) is 0 Å². The summed E-state index contributed by atoms with van der Waals surface area (Å²) in [4.78, 5) is 0. The van der Waals surface area contributed by atoms with Crippen LogP contribution in [0.5, 0.6) is 0 Å². The molecule has 2 nitrogen and oxygen atoms in total. The molecule has 2 aromatic rings. The van der Waals surface area contributed by atoms with Gasteiger partial charge >= 0.3 is 0 Å². The summed E-state index contributed by atoms with van der Waals surface area (Å²) in [5.41, 5.74) is 12.5. The second-order valence-corrected chi connectivity index (χ2v) is 4.60. The molecule has 0 radical (unpaired) electrons. The molecule has 11 heavy (non-hydrogen) atoms. The van der Waals surface area contributed by atoms with Gasteiger partial charge < -0.3 is 11.5 Å². The summed E-state index contributed by atoms with van der Waals surface area (Å²) in [6, 6.07) is 1.98. The zero-order valence-corrected chi connectivity index (χ0v) is 7.68. The van der Waals surface area contributed by atoms with E-state index in [4.69, 9.17) is 11.5 Å². The third kappa shape index (κ3) is 0.902. The van der Waals surface area contributed by atoms with E-state index in [-0.39, 0.29) is 0 Å². The van der Waals surface area contributed by atoms with Gasteiger partial charge in [0, 0.05) is 10.3 Å². The molecule has 0 spiro atoms. The highest BCUT2D eigenvalue weighted by atomic mass is 32.1. The van der Waals surface area contributed by atoms with E-state index in [2.05, 4.69) is 0 Å². The Morgan fingerprint density at radius 3 is 2.64 bits per heavy atom. The minimum Gasteiger partial charge on any atom is -0.391 e. The van der Waals surface area contributed by atoms with Crippen molar-refractivity contribution in [3.8, 4) is 0 Å². The van der Waals surface area contributed by atoms with E-state index in [0.717, 1.165) is 10.0 Å². The summed E-state index contributed by atoms with van der Waals surface area (Å²) in [6.45, 7) is 2.03. The van der Waals surface area contributed by atoms with Crippen LogP contribution >= 0.6 is 22.7 Å². The standard InChI is InChI=1S/C7H8N2S2/c1-3-6-4(10-7(3)9)2-5(8)11-6/h2H,8-9H2,1H3. The predicted molar refractivity (Wildman–Crippen MR) is 53.3 cm³/mol. The highest BCUT2D eigenvalue weighted by Crippen LogP contribution is 2.39. The van der Waals surface area contributed by atoms with Gasteiger partial charge in [-0.25, -0.2) is 0 Å². The van der Waals surface area contributed by atoms with E-state index in [9.17, 15) is 0 Å². The number of nitrogen functional groups attached to an aromatic ring is 2. The average Bonchev–Trinajstić information content (AvgIpc) is 2.37. The van der Waals surface area contributed by atoms with E-state index in [0.29, 0.717) is 0 Å². The molecule has 0 unspecified atom stereocenters. The number of anilines is 2. The van der Waals surface area contributed by atoms with Crippen LogP contribution in [0.4, 0.5) is 10.0 Å². The van der Waals surface area contributed by atoms with Crippen molar-refractivity contribution in [2.24, 2.45) is 0 Å². The molecular formula is C7H8N2S2. The fourth-order valence-electron chi connectivity index (χ4n) is 1.04. The van der Waals surface area contributed by atoms with Gasteiger partial charge in [-0.2, -0.15) is 0 Å². The lowest BCUT2D eigenvalue weighted by Gasteiger charge is -1.85. The lowest BCUT2D eigenvalue weighted by atomic mass is 10.3. The van der Waals surface area contributed by atoms with Crippen molar-refractivity contribution in [1.82, 2.24) is 0 Å². The molecule has 0 aliphatic rings. The summed E-state index contributed by atoms with van der Waals surface area (Å²) >= 11 is 3.22. The molecule has 0 aliphatic heterocycles. The van der Waals surface area contributed by atoms with Crippen molar-refractivity contribution in [3.05, 3.63) is 11.6 Å². The zero-order chi connectivity index (χ0) is 8.01. The quantitative estimate of drug-likeness (QED) is 0.660. The Morgan fingerprint density at radius 1 is 1.27 bits per heavy atom. The van der Waals surface area contributed by atoms with Gasteiger partial charge in [-0.05, 0) is 13.0 Å². The maximum Gasteiger partial charge on any atom is 0.0907 e. The Labute approximate surface area is 72.4 Å². The monoisotopic (exact) mass is 184 g/mol. The highest BCUT2D eigenvalue weighted by molar-refractivity contribution is 7.31. The van der Waals surface area contributed by atoms with Gasteiger partial charge in [-0.3, -0.25) is 0 Å². The number of thiophene rings is 2. The van der Waals surface area contributed by atoms with Crippen molar-refractivity contribution in [3.63, 3.8) is 0 Å². The fraction of sp³-hybridized carbons (Fsp3) is 0.143. The fourth-order valence-corrected chi connectivity index (χ4v) is 3.18. The van der Waals surface area contributed by atoms with Gasteiger partial charge in [-0.15, -0.1) is 22.7 Å². The smallest absolute Gasteiger partial charge is 0.0907 e. The molecular weight excluding hydrogens is 176 g/mol. The van der Waals surface area contributed by atoms with Crippen LogP contribution in [0, 0.1) is 6.92 Å². The van der Waals surface area contributed by atoms with E-state index >= 15 is 0 Å². The van der Waals surface area contributed by atoms with Crippen LogP contribution in [0.3, 0.4) is 0 Å². The Bertz CT molecular complexity index is 400. The topological polar surface area (TPSA) is 52.0 Å². The maximum atomic E-state index is 5.73. The van der Waals surface area contributed by atoms with Crippen LogP contribution in [-0.4, -0.2) is 0 Å². The van der Waals surface area contributed by atoms with E-state index in [1.807, 2.05) is 13.0 Å². The second kappa shape index (κ2) is 2.12. The molecule has 2 aromatic heterocycles. The molecule has 0 amide bonds. The van der Waals surface area contributed by atoms with Crippen LogP contribution in [-0.2, 0) is 0 Å². The molecule has 0 aliphatic carbocycles. The first kappa shape index (κ1) is 6.94. The predicted octanol–water partition coefficient (Wildman–Crippen LogP) is 2.44. The van der Waals surface area contributed by atoms with E-state index in [1.54, 1.807) is 22.7 Å². The third-order valence-electron chi connectivity index (χ3n) is 1.65. The lowest BCUT2D eigenvalue weighted by molar-refractivity contribution is 1.61. The van der Waals surface area contributed by atoms with Crippen LogP contribution < -0.4 is 11.5 Å². The number of aryl methyl sites for hydroxylation is 1. The number of fused-ring (bicyclic) bond motifs is 1. The molecule has 0 aromatic carbocycles. The lowest BCUT2D eigenvalue weighted by Crippen LogP contribution is -1.79. The summed E-state index contributed by atoms with van der Waals surface area (Å²) < 4.78 is 2.45. The van der Waals surface area contributed by atoms with Crippen LogP contribution in [0.2, 0.25) is 0 Å². The van der Waals surface area contributed by atoms with E-state index in [1.165, 1.54) is 15.0 Å². The summed E-state index contributed by atoms with van der Waals surface area (Å²) in [5.74, 6) is 0.